The monoisotopic (exact) mass is 416 g/mol. The van der Waals surface area contributed by atoms with Crippen LogP contribution in [0.4, 0.5) is 0 Å². The van der Waals surface area contributed by atoms with Crippen LogP contribution in [0.15, 0.2) is 12.1 Å². The molecule has 0 bridgehead atoms. The van der Waals surface area contributed by atoms with E-state index in [2.05, 4.69) is 11.9 Å². The zero-order valence-corrected chi connectivity index (χ0v) is 17.2. The summed E-state index contributed by atoms with van der Waals surface area (Å²) in [4.78, 5) is 34.1. The van der Waals surface area contributed by atoms with Crippen LogP contribution in [-0.4, -0.2) is 63.8 Å². The lowest BCUT2D eigenvalue weighted by Gasteiger charge is -2.29. The predicted molar refractivity (Wildman–Crippen MR) is 108 cm³/mol. The summed E-state index contributed by atoms with van der Waals surface area (Å²) in [5, 5.41) is 10.2. The number of amides is 2. The smallest absolute Gasteiger partial charge is 0.233 e. The SMILES string of the molecule is CCCCC(CN(O)C=O)C(=O)N1CCCC1c1nc2cc3c(cc2[nH]1)OCCO3. The molecular formula is C21H28N4O5. The quantitative estimate of drug-likeness (QED) is 0.389. The molecule has 2 aliphatic heterocycles. The van der Waals surface area contributed by atoms with Gasteiger partial charge in [0.1, 0.15) is 19.0 Å². The molecule has 1 saturated heterocycles. The van der Waals surface area contributed by atoms with Crippen LogP contribution in [0.2, 0.25) is 0 Å². The number of fused-ring (bicyclic) bond motifs is 2. The average molecular weight is 416 g/mol. The van der Waals surface area contributed by atoms with Crippen LogP contribution < -0.4 is 9.47 Å². The van der Waals surface area contributed by atoms with Gasteiger partial charge in [-0.15, -0.1) is 0 Å². The van der Waals surface area contributed by atoms with Gasteiger partial charge in [0, 0.05) is 18.7 Å². The van der Waals surface area contributed by atoms with E-state index in [9.17, 15) is 14.8 Å². The first-order chi connectivity index (χ1) is 14.6. The van der Waals surface area contributed by atoms with Gasteiger partial charge in [-0.25, -0.2) is 10.0 Å². The van der Waals surface area contributed by atoms with Crippen molar-refractivity contribution in [1.29, 1.82) is 0 Å². The van der Waals surface area contributed by atoms with Crippen molar-refractivity contribution < 1.29 is 24.3 Å². The maximum atomic E-state index is 13.3. The minimum absolute atomic E-state index is 0.00703. The third-order valence-electron chi connectivity index (χ3n) is 5.80. The number of carbonyl (C=O) groups is 2. The highest BCUT2D eigenvalue weighted by atomic mass is 16.6. The molecule has 2 unspecified atom stereocenters. The summed E-state index contributed by atoms with van der Waals surface area (Å²) in [6.07, 6.45) is 4.47. The summed E-state index contributed by atoms with van der Waals surface area (Å²) in [5.41, 5.74) is 1.62. The molecule has 0 spiro atoms. The number of rotatable bonds is 8. The molecule has 0 saturated carbocycles. The molecule has 2 aliphatic rings. The topological polar surface area (TPSA) is 108 Å². The van der Waals surface area contributed by atoms with Gasteiger partial charge in [-0.05, 0) is 19.3 Å². The van der Waals surface area contributed by atoms with Gasteiger partial charge in [-0.1, -0.05) is 19.8 Å². The number of likely N-dealkylation sites (tertiary alicyclic amines) is 1. The number of aromatic amines is 1. The van der Waals surface area contributed by atoms with Crippen molar-refractivity contribution in [2.45, 2.75) is 45.1 Å². The summed E-state index contributed by atoms with van der Waals surface area (Å²) in [5.74, 6) is 1.64. The molecule has 1 fully saturated rings. The van der Waals surface area contributed by atoms with Gasteiger partial charge in [-0.2, -0.15) is 0 Å². The number of nitrogens with zero attached hydrogens (tertiary/aromatic N) is 3. The molecule has 30 heavy (non-hydrogen) atoms. The van der Waals surface area contributed by atoms with E-state index in [0.29, 0.717) is 49.2 Å². The number of nitrogens with one attached hydrogen (secondary N) is 1. The summed E-state index contributed by atoms with van der Waals surface area (Å²) in [6, 6.07) is 3.60. The van der Waals surface area contributed by atoms with Crippen LogP contribution >= 0.6 is 0 Å². The molecule has 162 valence electrons. The lowest BCUT2D eigenvalue weighted by molar-refractivity contribution is -0.157. The molecule has 2 amide bonds. The third kappa shape index (κ3) is 4.07. The van der Waals surface area contributed by atoms with Gasteiger partial charge in [0.25, 0.3) is 0 Å². The Labute approximate surface area is 174 Å². The molecular weight excluding hydrogens is 388 g/mol. The first-order valence-corrected chi connectivity index (χ1v) is 10.6. The van der Waals surface area contributed by atoms with Crippen LogP contribution in [0.5, 0.6) is 11.5 Å². The number of hydrogen-bond donors (Lipinski definition) is 2. The fourth-order valence-corrected chi connectivity index (χ4v) is 4.29. The number of hydrogen-bond acceptors (Lipinski definition) is 6. The second-order valence-corrected chi connectivity index (χ2v) is 7.89. The van der Waals surface area contributed by atoms with E-state index in [1.54, 1.807) is 0 Å². The van der Waals surface area contributed by atoms with Crippen molar-refractivity contribution in [2.75, 3.05) is 26.3 Å². The fraction of sp³-hybridized carbons (Fsp3) is 0.571. The number of hydroxylamine groups is 2. The van der Waals surface area contributed by atoms with Crippen LogP contribution in [0.25, 0.3) is 11.0 Å². The number of ether oxygens (including phenoxy) is 2. The van der Waals surface area contributed by atoms with E-state index >= 15 is 0 Å². The molecule has 0 aliphatic carbocycles. The van der Waals surface area contributed by atoms with Gasteiger partial charge in [0.15, 0.2) is 11.5 Å². The molecule has 9 nitrogen and oxygen atoms in total. The molecule has 2 aromatic rings. The van der Waals surface area contributed by atoms with E-state index in [1.807, 2.05) is 17.0 Å². The predicted octanol–water partition coefficient (Wildman–Crippen LogP) is 2.65. The highest BCUT2D eigenvalue weighted by Gasteiger charge is 2.36. The van der Waals surface area contributed by atoms with Gasteiger partial charge >= 0.3 is 0 Å². The maximum Gasteiger partial charge on any atom is 0.233 e. The first-order valence-electron chi connectivity index (χ1n) is 10.6. The van der Waals surface area contributed by atoms with Crippen molar-refractivity contribution in [1.82, 2.24) is 19.9 Å². The Morgan fingerprint density at radius 1 is 1.40 bits per heavy atom. The van der Waals surface area contributed by atoms with E-state index in [4.69, 9.17) is 14.5 Å². The molecule has 9 heteroatoms. The molecule has 1 aromatic carbocycles. The van der Waals surface area contributed by atoms with E-state index in [0.717, 1.165) is 42.5 Å². The van der Waals surface area contributed by atoms with Crippen LogP contribution in [0.3, 0.4) is 0 Å². The van der Waals surface area contributed by atoms with Crippen molar-refractivity contribution >= 4 is 23.4 Å². The first kappa shape index (κ1) is 20.5. The second kappa shape index (κ2) is 8.91. The summed E-state index contributed by atoms with van der Waals surface area (Å²) in [7, 11) is 0. The Hall–Kier alpha value is -2.81. The Balaban J connectivity index is 1.57. The summed E-state index contributed by atoms with van der Waals surface area (Å²) < 4.78 is 11.3. The Morgan fingerprint density at radius 2 is 2.17 bits per heavy atom. The van der Waals surface area contributed by atoms with E-state index < -0.39 is 5.92 Å². The lowest BCUT2D eigenvalue weighted by Crippen LogP contribution is -2.40. The van der Waals surface area contributed by atoms with Crippen molar-refractivity contribution in [2.24, 2.45) is 5.92 Å². The number of aromatic nitrogens is 2. The molecule has 4 rings (SSSR count). The Morgan fingerprint density at radius 3 is 2.90 bits per heavy atom. The van der Waals surface area contributed by atoms with Gasteiger partial charge in [0.05, 0.1) is 29.5 Å². The van der Waals surface area contributed by atoms with Crippen LogP contribution in [0.1, 0.15) is 50.9 Å². The number of H-pyrrole nitrogens is 1. The normalized spacial score (nSPS) is 19.1. The number of imidazole rings is 1. The second-order valence-electron chi connectivity index (χ2n) is 7.89. The summed E-state index contributed by atoms with van der Waals surface area (Å²) >= 11 is 0. The minimum Gasteiger partial charge on any atom is -0.486 e. The molecule has 0 radical (unpaired) electrons. The maximum absolute atomic E-state index is 13.3. The van der Waals surface area contributed by atoms with Crippen LogP contribution in [-0.2, 0) is 9.59 Å². The van der Waals surface area contributed by atoms with Crippen molar-refractivity contribution in [3.05, 3.63) is 18.0 Å². The largest absolute Gasteiger partial charge is 0.486 e. The zero-order valence-electron chi connectivity index (χ0n) is 17.2. The third-order valence-corrected chi connectivity index (χ3v) is 5.80. The zero-order chi connectivity index (χ0) is 21.1. The van der Waals surface area contributed by atoms with Gasteiger partial charge < -0.3 is 19.4 Å². The van der Waals surface area contributed by atoms with Gasteiger partial charge in [-0.3, -0.25) is 14.8 Å². The average Bonchev–Trinajstić information content (AvgIpc) is 3.40. The van der Waals surface area contributed by atoms with E-state index in [1.165, 1.54) is 0 Å². The summed E-state index contributed by atoms with van der Waals surface area (Å²) in [6.45, 7) is 3.73. The highest BCUT2D eigenvalue weighted by molar-refractivity contribution is 5.82. The van der Waals surface area contributed by atoms with Crippen molar-refractivity contribution in [3.63, 3.8) is 0 Å². The molecule has 1 aromatic heterocycles. The molecule has 2 N–H and O–H groups in total. The minimum atomic E-state index is -0.431. The van der Waals surface area contributed by atoms with E-state index in [-0.39, 0.29) is 18.5 Å². The fourth-order valence-electron chi connectivity index (χ4n) is 4.29. The molecule has 2 atom stereocenters. The van der Waals surface area contributed by atoms with Crippen molar-refractivity contribution in [3.8, 4) is 11.5 Å². The number of carbonyl (C=O) groups excluding carboxylic acids is 2. The van der Waals surface area contributed by atoms with Gasteiger partial charge in [0.2, 0.25) is 12.3 Å². The molecule has 3 heterocycles. The Kier molecular flexibility index (Phi) is 6.08. The number of benzene rings is 1. The van der Waals surface area contributed by atoms with Crippen LogP contribution in [0, 0.1) is 5.92 Å². The highest BCUT2D eigenvalue weighted by Crippen LogP contribution is 2.37. The number of unbranched alkanes of at least 4 members (excludes halogenated alkanes) is 1. The standard InChI is InChI=1S/C21H28N4O5/c1-2-3-5-14(12-24(28)13-26)21(27)25-7-4-6-17(25)20-22-15-10-18-19(11-16(15)23-20)30-9-8-29-18/h10-11,13-14,17,28H,2-9,12H2,1H3,(H,22,23). The Bertz CT molecular complexity index is 871. The lowest BCUT2D eigenvalue weighted by atomic mass is 9.99.